The second-order valence-electron chi connectivity index (χ2n) is 8.15. The van der Waals surface area contributed by atoms with Crippen molar-refractivity contribution in [3.8, 4) is 0 Å². The van der Waals surface area contributed by atoms with Gasteiger partial charge in [-0.15, -0.1) is 0 Å². The van der Waals surface area contributed by atoms with Gasteiger partial charge in [-0.1, -0.05) is 54.6 Å². The molecule has 0 saturated carbocycles. The molecule has 5 heteroatoms. The zero-order chi connectivity index (χ0) is 21.2. The lowest BCUT2D eigenvalue weighted by atomic mass is 10.1. The van der Waals surface area contributed by atoms with Crippen molar-refractivity contribution in [1.82, 2.24) is 14.5 Å². The molecule has 1 aliphatic heterocycles. The number of fused-ring (bicyclic) bond motifs is 1. The number of benzene rings is 3. The number of carbonyl (C=O) groups is 1. The van der Waals surface area contributed by atoms with Gasteiger partial charge < -0.3 is 9.47 Å². The van der Waals surface area contributed by atoms with Crippen molar-refractivity contribution in [3.63, 3.8) is 0 Å². The fraction of sp³-hybridized carbons (Fsp3) is 0.231. The summed E-state index contributed by atoms with van der Waals surface area (Å²) in [6.45, 7) is 1.95. The number of aryl methyl sites for hydroxylation is 2. The van der Waals surface area contributed by atoms with E-state index in [2.05, 4.69) is 34.9 Å². The molecule has 1 saturated heterocycles. The van der Waals surface area contributed by atoms with Crippen LogP contribution in [0.1, 0.15) is 29.3 Å². The predicted octanol–water partition coefficient (Wildman–Crippen LogP) is 4.93. The van der Waals surface area contributed by atoms with Gasteiger partial charge in [0.2, 0.25) is 5.91 Å². The lowest BCUT2D eigenvalue weighted by Crippen LogP contribution is -2.24. The van der Waals surface area contributed by atoms with Crippen molar-refractivity contribution in [1.29, 1.82) is 0 Å². The van der Waals surface area contributed by atoms with E-state index in [1.54, 1.807) is 12.1 Å². The van der Waals surface area contributed by atoms with Crippen molar-refractivity contribution in [3.05, 3.63) is 102 Å². The summed E-state index contributed by atoms with van der Waals surface area (Å²) in [6, 6.07) is 25.0. The number of hydrogen-bond acceptors (Lipinski definition) is 2. The summed E-state index contributed by atoms with van der Waals surface area (Å²) in [6.07, 6.45) is 1.37. The number of para-hydroxylation sites is 2. The highest BCUT2D eigenvalue weighted by Crippen LogP contribution is 2.31. The van der Waals surface area contributed by atoms with Crippen molar-refractivity contribution in [2.24, 2.45) is 0 Å². The maximum Gasteiger partial charge on any atom is 0.223 e. The van der Waals surface area contributed by atoms with Crippen LogP contribution in [-0.4, -0.2) is 26.9 Å². The van der Waals surface area contributed by atoms with Crippen molar-refractivity contribution in [2.45, 2.75) is 31.8 Å². The Kier molecular flexibility index (Phi) is 5.24. The predicted molar refractivity (Wildman–Crippen MR) is 119 cm³/mol. The van der Waals surface area contributed by atoms with Crippen LogP contribution in [0.25, 0.3) is 11.0 Å². The zero-order valence-corrected chi connectivity index (χ0v) is 17.2. The minimum Gasteiger partial charge on any atom is -0.338 e. The molecule has 1 amide bonds. The Balaban J connectivity index is 1.40. The molecule has 31 heavy (non-hydrogen) atoms. The lowest BCUT2D eigenvalue weighted by molar-refractivity contribution is -0.128. The molecule has 4 nitrogen and oxygen atoms in total. The van der Waals surface area contributed by atoms with E-state index in [1.807, 2.05) is 29.2 Å². The third-order valence-electron chi connectivity index (χ3n) is 6.02. The maximum absolute atomic E-state index is 13.2. The molecule has 1 fully saturated rings. The number of amides is 1. The van der Waals surface area contributed by atoms with E-state index >= 15 is 0 Å². The molecular weight excluding hydrogens is 389 g/mol. The summed E-state index contributed by atoms with van der Waals surface area (Å²) in [4.78, 5) is 19.5. The highest BCUT2D eigenvalue weighted by Gasteiger charge is 2.33. The second kappa shape index (κ2) is 8.34. The van der Waals surface area contributed by atoms with Crippen LogP contribution in [0.3, 0.4) is 0 Å². The monoisotopic (exact) mass is 413 g/mol. The highest BCUT2D eigenvalue weighted by molar-refractivity contribution is 5.81. The summed E-state index contributed by atoms with van der Waals surface area (Å²) in [5.41, 5.74) is 4.30. The SMILES string of the molecule is O=C1C[C@@H](c2nc3ccccc3n2CCc2ccccc2)CN1Cc1ccc(F)cc1. The highest BCUT2D eigenvalue weighted by atomic mass is 19.1. The smallest absolute Gasteiger partial charge is 0.223 e. The van der Waals surface area contributed by atoms with Crippen LogP contribution < -0.4 is 0 Å². The standard InChI is InChI=1S/C26H24FN3O/c27-22-12-10-20(11-13-22)17-29-18-21(16-25(29)31)26-28-23-8-4-5-9-24(23)30(26)15-14-19-6-2-1-3-7-19/h1-13,21H,14-18H2/t21-/m1/s1. The average molecular weight is 413 g/mol. The molecule has 0 bridgehead atoms. The molecule has 156 valence electrons. The Labute approximate surface area is 181 Å². The van der Waals surface area contributed by atoms with Crippen LogP contribution in [-0.2, 0) is 24.3 Å². The topological polar surface area (TPSA) is 38.1 Å². The first-order valence-electron chi connectivity index (χ1n) is 10.7. The summed E-state index contributed by atoms with van der Waals surface area (Å²) in [7, 11) is 0. The van der Waals surface area contributed by atoms with Gasteiger partial charge in [-0.25, -0.2) is 9.37 Å². The minimum absolute atomic E-state index is 0.0520. The van der Waals surface area contributed by atoms with Crippen molar-refractivity contribution in [2.75, 3.05) is 6.54 Å². The number of halogens is 1. The number of hydrogen-bond donors (Lipinski definition) is 0. The van der Waals surface area contributed by atoms with Gasteiger partial charge in [-0.3, -0.25) is 4.79 Å². The van der Waals surface area contributed by atoms with Crippen LogP contribution in [0.5, 0.6) is 0 Å². The van der Waals surface area contributed by atoms with Gasteiger partial charge in [0, 0.05) is 32.0 Å². The molecule has 5 rings (SSSR count). The molecule has 0 radical (unpaired) electrons. The van der Waals surface area contributed by atoms with E-state index in [0.29, 0.717) is 19.5 Å². The Morgan fingerprint density at radius 3 is 2.45 bits per heavy atom. The van der Waals surface area contributed by atoms with E-state index in [4.69, 9.17) is 4.98 Å². The molecule has 0 spiro atoms. The molecule has 4 aromatic rings. The van der Waals surface area contributed by atoms with E-state index in [9.17, 15) is 9.18 Å². The Bertz CT molecular complexity index is 1200. The van der Waals surface area contributed by atoms with E-state index < -0.39 is 0 Å². The Morgan fingerprint density at radius 2 is 1.65 bits per heavy atom. The lowest BCUT2D eigenvalue weighted by Gasteiger charge is -2.17. The van der Waals surface area contributed by atoms with Crippen LogP contribution >= 0.6 is 0 Å². The first-order valence-corrected chi connectivity index (χ1v) is 10.7. The largest absolute Gasteiger partial charge is 0.338 e. The minimum atomic E-state index is -0.262. The fourth-order valence-corrected chi connectivity index (χ4v) is 4.43. The number of imidazole rings is 1. The zero-order valence-electron chi connectivity index (χ0n) is 17.2. The van der Waals surface area contributed by atoms with E-state index in [0.717, 1.165) is 35.4 Å². The maximum atomic E-state index is 13.2. The number of aromatic nitrogens is 2. The summed E-state index contributed by atoms with van der Waals surface area (Å²) < 4.78 is 15.5. The molecule has 1 atom stereocenters. The van der Waals surface area contributed by atoms with Gasteiger partial charge in [0.05, 0.1) is 11.0 Å². The third-order valence-corrected chi connectivity index (χ3v) is 6.02. The Hall–Kier alpha value is -3.47. The number of likely N-dealkylation sites (tertiary alicyclic amines) is 1. The molecule has 1 aromatic heterocycles. The van der Waals surface area contributed by atoms with Crippen LogP contribution in [0.2, 0.25) is 0 Å². The number of carbonyl (C=O) groups excluding carboxylic acids is 1. The van der Waals surface area contributed by atoms with Gasteiger partial charge in [-0.2, -0.15) is 0 Å². The first-order chi connectivity index (χ1) is 15.2. The number of rotatable bonds is 6. The van der Waals surface area contributed by atoms with Crippen molar-refractivity contribution < 1.29 is 9.18 Å². The van der Waals surface area contributed by atoms with Gasteiger partial charge in [-0.05, 0) is 41.8 Å². The second-order valence-corrected chi connectivity index (χ2v) is 8.15. The van der Waals surface area contributed by atoms with Crippen molar-refractivity contribution >= 4 is 16.9 Å². The van der Waals surface area contributed by atoms with Crippen LogP contribution in [0.4, 0.5) is 4.39 Å². The molecule has 3 aromatic carbocycles. The normalized spacial score (nSPS) is 16.4. The fourth-order valence-electron chi connectivity index (χ4n) is 4.43. The molecule has 0 aliphatic carbocycles. The van der Waals surface area contributed by atoms with Gasteiger partial charge >= 0.3 is 0 Å². The molecule has 0 N–H and O–H groups in total. The van der Waals surface area contributed by atoms with Gasteiger partial charge in [0.15, 0.2) is 0 Å². The molecule has 0 unspecified atom stereocenters. The molecular formula is C26H24FN3O. The van der Waals surface area contributed by atoms with Gasteiger partial charge in [0.25, 0.3) is 0 Å². The molecule has 1 aliphatic rings. The summed E-state index contributed by atoms with van der Waals surface area (Å²) in [5, 5.41) is 0. The van der Waals surface area contributed by atoms with Crippen LogP contribution in [0.15, 0.2) is 78.9 Å². The average Bonchev–Trinajstić information content (AvgIpc) is 3.35. The van der Waals surface area contributed by atoms with Crippen LogP contribution in [0, 0.1) is 5.82 Å². The number of nitrogens with zero attached hydrogens (tertiary/aromatic N) is 3. The molecule has 2 heterocycles. The quantitative estimate of drug-likeness (QED) is 0.449. The summed E-state index contributed by atoms with van der Waals surface area (Å²) in [5.74, 6) is 0.890. The first kappa shape index (κ1) is 19.5. The third kappa shape index (κ3) is 4.08. The summed E-state index contributed by atoms with van der Waals surface area (Å²) >= 11 is 0. The Morgan fingerprint density at radius 1 is 0.903 bits per heavy atom. The van der Waals surface area contributed by atoms with E-state index in [1.165, 1.54) is 17.7 Å². The van der Waals surface area contributed by atoms with E-state index in [-0.39, 0.29) is 17.6 Å². The van der Waals surface area contributed by atoms with Gasteiger partial charge in [0.1, 0.15) is 11.6 Å².